The molecule has 106 valence electrons. The van der Waals surface area contributed by atoms with Gasteiger partial charge in [0.25, 0.3) is 0 Å². The van der Waals surface area contributed by atoms with Crippen LogP contribution in [0.5, 0.6) is 0 Å². The van der Waals surface area contributed by atoms with Crippen LogP contribution in [0.3, 0.4) is 0 Å². The van der Waals surface area contributed by atoms with Crippen molar-refractivity contribution in [2.75, 3.05) is 0 Å². The van der Waals surface area contributed by atoms with Gasteiger partial charge in [-0.05, 0) is 23.6 Å². The quantitative estimate of drug-likeness (QED) is 0.856. The molecule has 4 nitrogen and oxygen atoms in total. The summed E-state index contributed by atoms with van der Waals surface area (Å²) < 4.78 is 1.62. The van der Waals surface area contributed by atoms with E-state index in [4.69, 9.17) is 5.11 Å². The first-order valence-electron chi connectivity index (χ1n) is 6.46. The summed E-state index contributed by atoms with van der Waals surface area (Å²) in [5.74, 6) is 0.188. The lowest BCUT2D eigenvalue weighted by Crippen LogP contribution is -2.03. The normalized spacial score (nSPS) is 11.0. The molecule has 0 bridgehead atoms. The van der Waals surface area contributed by atoms with Crippen LogP contribution in [-0.2, 0) is 12.8 Å². The summed E-state index contributed by atoms with van der Waals surface area (Å²) >= 11 is 1.62. The third kappa shape index (κ3) is 3.22. The van der Waals surface area contributed by atoms with E-state index in [-0.39, 0.29) is 5.56 Å². The first kappa shape index (κ1) is 14.7. The number of benzene rings is 1. The fraction of sp³-hybridized carbons (Fsp3) is 0.333. The number of aromatic nitrogens is 2. The number of aryl methyl sites for hydroxylation is 1. The van der Waals surface area contributed by atoms with E-state index in [1.807, 2.05) is 0 Å². The Morgan fingerprint density at radius 3 is 2.55 bits per heavy atom. The van der Waals surface area contributed by atoms with Crippen LogP contribution in [0.1, 0.15) is 41.4 Å². The van der Waals surface area contributed by atoms with E-state index in [0.717, 1.165) is 10.6 Å². The maximum atomic E-state index is 11.1. The minimum Gasteiger partial charge on any atom is -0.478 e. The van der Waals surface area contributed by atoms with Gasteiger partial charge in [-0.2, -0.15) is 5.10 Å². The van der Waals surface area contributed by atoms with E-state index >= 15 is 0 Å². The van der Waals surface area contributed by atoms with E-state index in [1.165, 1.54) is 11.8 Å². The number of aromatic carboxylic acids is 1. The Morgan fingerprint density at radius 1 is 1.35 bits per heavy atom. The van der Waals surface area contributed by atoms with E-state index in [1.54, 1.807) is 23.5 Å². The predicted molar refractivity (Wildman–Crippen MR) is 80.3 cm³/mol. The molecule has 1 N–H and O–H groups in total. The number of carboxylic acids is 1. The van der Waals surface area contributed by atoms with Crippen LogP contribution in [0.4, 0.5) is 0 Å². The average molecular weight is 290 g/mol. The zero-order valence-electron chi connectivity index (χ0n) is 11.8. The molecule has 0 radical (unpaired) electrons. The molecule has 0 aliphatic carbocycles. The van der Waals surface area contributed by atoms with Crippen molar-refractivity contribution in [2.45, 2.75) is 30.4 Å². The molecule has 20 heavy (non-hydrogen) atoms. The fourth-order valence-electron chi connectivity index (χ4n) is 1.91. The number of hydrogen-bond donors (Lipinski definition) is 1. The number of hydrogen-bond acceptors (Lipinski definition) is 3. The van der Waals surface area contributed by atoms with Crippen LogP contribution in [0.25, 0.3) is 0 Å². The molecule has 1 aromatic carbocycles. The Morgan fingerprint density at radius 2 is 2.00 bits per heavy atom. The van der Waals surface area contributed by atoms with Crippen LogP contribution in [0.2, 0.25) is 0 Å². The maximum Gasteiger partial charge on any atom is 0.339 e. The molecule has 0 aliphatic heterocycles. The van der Waals surface area contributed by atoms with Crippen molar-refractivity contribution in [1.82, 2.24) is 9.78 Å². The van der Waals surface area contributed by atoms with Gasteiger partial charge in [0.2, 0.25) is 0 Å². The number of thioether (sulfide) groups is 1. The third-order valence-electron chi connectivity index (χ3n) is 3.21. The largest absolute Gasteiger partial charge is 0.478 e. The number of carbonyl (C=O) groups is 1. The second kappa shape index (κ2) is 6.13. The fourth-order valence-corrected chi connectivity index (χ4v) is 2.89. The molecule has 0 atom stereocenters. The van der Waals surface area contributed by atoms with Crippen LogP contribution in [0, 0.1) is 0 Å². The van der Waals surface area contributed by atoms with Gasteiger partial charge in [0.1, 0.15) is 5.56 Å². The highest BCUT2D eigenvalue weighted by atomic mass is 32.2. The molecule has 1 heterocycles. The second-order valence-electron chi connectivity index (χ2n) is 4.95. The van der Waals surface area contributed by atoms with E-state index in [0.29, 0.717) is 11.7 Å². The topological polar surface area (TPSA) is 55.1 Å². The van der Waals surface area contributed by atoms with Crippen LogP contribution in [0.15, 0.2) is 35.4 Å². The summed E-state index contributed by atoms with van der Waals surface area (Å²) in [7, 11) is 1.77. The zero-order valence-corrected chi connectivity index (χ0v) is 12.6. The van der Waals surface area contributed by atoms with Gasteiger partial charge >= 0.3 is 5.97 Å². The van der Waals surface area contributed by atoms with Gasteiger partial charge in [-0.3, -0.25) is 4.68 Å². The summed E-state index contributed by atoms with van der Waals surface area (Å²) in [6.45, 7) is 4.33. The average Bonchev–Trinajstić information content (AvgIpc) is 2.78. The van der Waals surface area contributed by atoms with Gasteiger partial charge in [-0.1, -0.05) is 26.0 Å². The van der Waals surface area contributed by atoms with Gasteiger partial charge in [0.05, 0.1) is 11.9 Å². The summed E-state index contributed by atoms with van der Waals surface area (Å²) in [5, 5.41) is 13.1. The molecule has 5 heteroatoms. The van der Waals surface area contributed by atoms with E-state index in [9.17, 15) is 4.79 Å². The van der Waals surface area contributed by atoms with Gasteiger partial charge in [-0.15, -0.1) is 11.8 Å². The van der Waals surface area contributed by atoms with Crippen molar-refractivity contribution < 1.29 is 9.90 Å². The first-order chi connectivity index (χ1) is 9.49. The highest BCUT2D eigenvalue weighted by Crippen LogP contribution is 2.26. The molecule has 0 aliphatic rings. The van der Waals surface area contributed by atoms with Crippen LogP contribution < -0.4 is 0 Å². The Bertz CT molecular complexity index is 603. The number of nitrogens with zero attached hydrogens (tertiary/aromatic N) is 2. The Kier molecular flexibility index (Phi) is 4.49. The van der Waals surface area contributed by atoms with Crippen molar-refractivity contribution in [1.29, 1.82) is 0 Å². The molecule has 1 aromatic heterocycles. The van der Waals surface area contributed by atoms with Crippen LogP contribution >= 0.6 is 11.8 Å². The predicted octanol–water partition coefficient (Wildman–Crippen LogP) is 3.53. The second-order valence-corrected chi connectivity index (χ2v) is 5.99. The SMILES string of the molecule is CC(C)c1ccc(SCc2c(C(=O)O)cnn2C)cc1. The molecular formula is C15H18N2O2S. The summed E-state index contributed by atoms with van der Waals surface area (Å²) in [5.41, 5.74) is 2.32. The molecule has 2 rings (SSSR count). The lowest BCUT2D eigenvalue weighted by atomic mass is 10.0. The third-order valence-corrected chi connectivity index (χ3v) is 4.24. The first-order valence-corrected chi connectivity index (χ1v) is 7.44. The molecule has 2 aromatic rings. The lowest BCUT2D eigenvalue weighted by molar-refractivity contribution is 0.0696. The molecule has 0 saturated carbocycles. The molecule has 0 unspecified atom stereocenters. The molecule has 0 saturated heterocycles. The van der Waals surface area contributed by atoms with Crippen LogP contribution in [-0.4, -0.2) is 20.9 Å². The van der Waals surface area contributed by atoms with E-state index < -0.39 is 5.97 Å². The number of rotatable bonds is 5. The molecule has 0 amide bonds. The Labute approximate surface area is 122 Å². The monoisotopic (exact) mass is 290 g/mol. The van der Waals surface area contributed by atoms with Gasteiger partial charge in [-0.25, -0.2) is 4.79 Å². The minimum atomic E-state index is -0.927. The van der Waals surface area contributed by atoms with Crippen molar-refractivity contribution in [2.24, 2.45) is 7.05 Å². The number of carboxylic acid groups (broad SMARTS) is 1. The Balaban J connectivity index is 2.09. The van der Waals surface area contributed by atoms with Gasteiger partial charge in [0.15, 0.2) is 0 Å². The molecule has 0 fully saturated rings. The highest BCUT2D eigenvalue weighted by molar-refractivity contribution is 7.98. The molecule has 0 spiro atoms. The maximum absolute atomic E-state index is 11.1. The summed E-state index contributed by atoms with van der Waals surface area (Å²) in [6, 6.07) is 8.40. The minimum absolute atomic E-state index is 0.277. The van der Waals surface area contributed by atoms with Crippen molar-refractivity contribution >= 4 is 17.7 Å². The van der Waals surface area contributed by atoms with Crippen molar-refractivity contribution in [3.8, 4) is 0 Å². The van der Waals surface area contributed by atoms with E-state index in [2.05, 4.69) is 43.2 Å². The smallest absolute Gasteiger partial charge is 0.339 e. The van der Waals surface area contributed by atoms with Gasteiger partial charge in [0, 0.05) is 17.7 Å². The lowest BCUT2D eigenvalue weighted by Gasteiger charge is -2.07. The standard InChI is InChI=1S/C15H18N2O2S/c1-10(2)11-4-6-12(7-5-11)20-9-14-13(15(18)19)8-16-17(14)3/h4-8,10H,9H2,1-3H3,(H,18,19). The Hall–Kier alpha value is -1.75. The highest BCUT2D eigenvalue weighted by Gasteiger charge is 2.14. The zero-order chi connectivity index (χ0) is 14.7. The summed E-state index contributed by atoms with van der Waals surface area (Å²) in [6.07, 6.45) is 1.40. The summed E-state index contributed by atoms with van der Waals surface area (Å²) in [4.78, 5) is 12.2. The van der Waals surface area contributed by atoms with Crippen molar-refractivity contribution in [3.63, 3.8) is 0 Å². The molecular weight excluding hydrogens is 272 g/mol. The van der Waals surface area contributed by atoms with Gasteiger partial charge < -0.3 is 5.11 Å². The van der Waals surface area contributed by atoms with Crippen molar-refractivity contribution in [3.05, 3.63) is 47.3 Å².